The summed E-state index contributed by atoms with van der Waals surface area (Å²) in [6.45, 7) is 0. The molecule has 0 radical (unpaired) electrons. The highest BCUT2D eigenvalue weighted by Gasteiger charge is 2.06. The van der Waals surface area contributed by atoms with Crippen molar-refractivity contribution in [3.63, 3.8) is 0 Å². The van der Waals surface area contributed by atoms with E-state index in [4.69, 9.17) is 5.26 Å². The Morgan fingerprint density at radius 3 is 2.61 bits per heavy atom. The van der Waals surface area contributed by atoms with Crippen molar-refractivity contribution in [1.29, 1.82) is 5.26 Å². The van der Waals surface area contributed by atoms with Crippen LogP contribution in [-0.4, -0.2) is 0 Å². The number of hydrogen-bond acceptors (Lipinski definition) is 1. The third-order valence-corrected chi connectivity index (χ3v) is 2.94. The van der Waals surface area contributed by atoms with Crippen molar-refractivity contribution in [3.8, 4) is 6.07 Å². The lowest BCUT2D eigenvalue weighted by Gasteiger charge is -2.01. The molecule has 0 saturated carbocycles. The zero-order valence-corrected chi connectivity index (χ0v) is 11.0. The topological polar surface area (TPSA) is 23.8 Å². The van der Waals surface area contributed by atoms with Crippen LogP contribution < -0.4 is 0 Å². The van der Waals surface area contributed by atoms with E-state index in [2.05, 4.69) is 15.9 Å². The highest BCUT2D eigenvalue weighted by atomic mass is 79.9. The summed E-state index contributed by atoms with van der Waals surface area (Å²) >= 11 is 3.36. The maximum atomic E-state index is 13.6. The first-order chi connectivity index (χ1) is 8.70. The second kappa shape index (κ2) is 5.61. The fraction of sp³-hybridized carbons (Fsp3) is 0. The Kier molecular flexibility index (Phi) is 3.91. The maximum absolute atomic E-state index is 13.6. The number of halogens is 2. The van der Waals surface area contributed by atoms with Crippen molar-refractivity contribution in [2.45, 2.75) is 0 Å². The summed E-state index contributed by atoms with van der Waals surface area (Å²) in [5.41, 5.74) is 1.48. The summed E-state index contributed by atoms with van der Waals surface area (Å²) in [6, 6.07) is 15.8. The molecule has 0 amide bonds. The van der Waals surface area contributed by atoms with E-state index in [9.17, 15) is 4.39 Å². The standard InChI is InChI=1S/C15H9BrFN/c16-13-5-3-4-11(9-13)8-12(10-18)14-6-1-2-7-15(14)17/h1-9H. The average Bonchev–Trinajstić information content (AvgIpc) is 2.37. The van der Waals surface area contributed by atoms with Crippen molar-refractivity contribution in [3.05, 3.63) is 69.9 Å². The fourth-order valence-electron chi connectivity index (χ4n) is 1.61. The first-order valence-electron chi connectivity index (χ1n) is 5.33. The average molecular weight is 302 g/mol. The predicted molar refractivity (Wildman–Crippen MR) is 74.0 cm³/mol. The molecule has 0 aliphatic rings. The first kappa shape index (κ1) is 12.5. The summed E-state index contributed by atoms with van der Waals surface area (Å²) in [5.74, 6) is -0.389. The van der Waals surface area contributed by atoms with Gasteiger partial charge in [-0.1, -0.05) is 46.3 Å². The SMILES string of the molecule is N#CC(=Cc1cccc(Br)c1)c1ccccc1F. The summed E-state index contributed by atoms with van der Waals surface area (Å²) < 4.78 is 14.5. The Labute approximate surface area is 113 Å². The molecule has 0 N–H and O–H groups in total. The van der Waals surface area contributed by atoms with E-state index in [1.165, 1.54) is 6.07 Å². The molecular weight excluding hydrogens is 293 g/mol. The Balaban J connectivity index is 2.48. The molecule has 0 aliphatic carbocycles. The maximum Gasteiger partial charge on any atom is 0.131 e. The van der Waals surface area contributed by atoms with Gasteiger partial charge >= 0.3 is 0 Å². The van der Waals surface area contributed by atoms with Gasteiger partial charge < -0.3 is 0 Å². The third kappa shape index (κ3) is 2.85. The van der Waals surface area contributed by atoms with Gasteiger partial charge in [0.25, 0.3) is 0 Å². The van der Waals surface area contributed by atoms with Gasteiger partial charge in [-0.05, 0) is 29.8 Å². The van der Waals surface area contributed by atoms with E-state index in [-0.39, 0.29) is 5.82 Å². The van der Waals surface area contributed by atoms with Gasteiger partial charge in [0.1, 0.15) is 5.82 Å². The second-order valence-electron chi connectivity index (χ2n) is 3.70. The smallest absolute Gasteiger partial charge is 0.131 e. The van der Waals surface area contributed by atoms with E-state index in [1.807, 2.05) is 30.3 Å². The minimum Gasteiger partial charge on any atom is -0.206 e. The number of nitrogens with zero attached hydrogens (tertiary/aromatic N) is 1. The molecule has 2 rings (SSSR count). The van der Waals surface area contributed by atoms with Crippen LogP contribution >= 0.6 is 15.9 Å². The van der Waals surface area contributed by atoms with Crippen molar-refractivity contribution >= 4 is 27.6 Å². The van der Waals surface area contributed by atoms with Gasteiger partial charge in [0.15, 0.2) is 0 Å². The van der Waals surface area contributed by atoms with Gasteiger partial charge in [0, 0.05) is 10.0 Å². The lowest BCUT2D eigenvalue weighted by atomic mass is 10.0. The van der Waals surface area contributed by atoms with Crippen LogP contribution in [0.15, 0.2) is 53.0 Å². The van der Waals surface area contributed by atoms with Crippen LogP contribution in [0.4, 0.5) is 4.39 Å². The van der Waals surface area contributed by atoms with E-state index in [0.29, 0.717) is 11.1 Å². The molecule has 88 valence electrons. The van der Waals surface area contributed by atoms with Crippen LogP contribution in [0.2, 0.25) is 0 Å². The fourth-order valence-corrected chi connectivity index (χ4v) is 2.03. The Morgan fingerprint density at radius 2 is 1.94 bits per heavy atom. The number of allylic oxidation sites excluding steroid dienone is 1. The van der Waals surface area contributed by atoms with Crippen molar-refractivity contribution < 1.29 is 4.39 Å². The molecule has 18 heavy (non-hydrogen) atoms. The molecular formula is C15H9BrFN. The summed E-state index contributed by atoms with van der Waals surface area (Å²) in [5, 5.41) is 9.14. The van der Waals surface area contributed by atoms with Gasteiger partial charge in [0.05, 0.1) is 11.6 Å². The van der Waals surface area contributed by atoms with E-state index >= 15 is 0 Å². The van der Waals surface area contributed by atoms with Gasteiger partial charge in [0.2, 0.25) is 0 Å². The minimum atomic E-state index is -0.389. The highest BCUT2D eigenvalue weighted by Crippen LogP contribution is 2.21. The summed E-state index contributed by atoms with van der Waals surface area (Å²) in [6.07, 6.45) is 1.67. The van der Waals surface area contributed by atoms with Crippen LogP contribution in [-0.2, 0) is 0 Å². The summed E-state index contributed by atoms with van der Waals surface area (Å²) in [7, 11) is 0. The lowest BCUT2D eigenvalue weighted by molar-refractivity contribution is 0.624. The Hall–Kier alpha value is -1.92. The molecule has 1 nitrogen and oxygen atoms in total. The molecule has 0 fully saturated rings. The van der Waals surface area contributed by atoms with Gasteiger partial charge in [-0.2, -0.15) is 5.26 Å². The van der Waals surface area contributed by atoms with E-state index in [0.717, 1.165) is 10.0 Å². The molecule has 0 spiro atoms. The molecule has 0 unspecified atom stereocenters. The molecule has 2 aromatic rings. The van der Waals surface area contributed by atoms with Crippen LogP contribution in [0.25, 0.3) is 11.6 Å². The summed E-state index contributed by atoms with van der Waals surface area (Å²) in [4.78, 5) is 0. The molecule has 0 atom stereocenters. The number of benzene rings is 2. The Bertz CT molecular complexity index is 641. The molecule has 0 heterocycles. The van der Waals surface area contributed by atoms with Crippen molar-refractivity contribution in [1.82, 2.24) is 0 Å². The largest absolute Gasteiger partial charge is 0.206 e. The molecule has 0 aromatic heterocycles. The monoisotopic (exact) mass is 301 g/mol. The number of rotatable bonds is 2. The van der Waals surface area contributed by atoms with Gasteiger partial charge in [-0.15, -0.1) is 0 Å². The van der Waals surface area contributed by atoms with Crippen LogP contribution in [0.1, 0.15) is 11.1 Å². The van der Waals surface area contributed by atoms with Crippen LogP contribution in [0.5, 0.6) is 0 Å². The highest BCUT2D eigenvalue weighted by molar-refractivity contribution is 9.10. The molecule has 0 aliphatic heterocycles. The van der Waals surface area contributed by atoms with Gasteiger partial charge in [-0.25, -0.2) is 4.39 Å². The zero-order valence-electron chi connectivity index (χ0n) is 9.40. The molecule has 3 heteroatoms. The lowest BCUT2D eigenvalue weighted by Crippen LogP contribution is -1.87. The second-order valence-corrected chi connectivity index (χ2v) is 4.62. The number of nitriles is 1. The zero-order chi connectivity index (χ0) is 13.0. The molecule has 0 saturated heterocycles. The van der Waals surface area contributed by atoms with Crippen LogP contribution in [0, 0.1) is 17.1 Å². The Morgan fingerprint density at radius 1 is 1.17 bits per heavy atom. The van der Waals surface area contributed by atoms with Crippen LogP contribution in [0.3, 0.4) is 0 Å². The van der Waals surface area contributed by atoms with Gasteiger partial charge in [-0.3, -0.25) is 0 Å². The van der Waals surface area contributed by atoms with Crippen molar-refractivity contribution in [2.24, 2.45) is 0 Å². The normalized spacial score (nSPS) is 11.1. The predicted octanol–water partition coefficient (Wildman–Crippen LogP) is 4.65. The number of hydrogen-bond donors (Lipinski definition) is 0. The van der Waals surface area contributed by atoms with Crippen molar-refractivity contribution in [2.75, 3.05) is 0 Å². The quantitative estimate of drug-likeness (QED) is 0.585. The van der Waals surface area contributed by atoms with E-state index < -0.39 is 0 Å². The first-order valence-corrected chi connectivity index (χ1v) is 6.12. The minimum absolute atomic E-state index is 0.311. The molecule has 2 aromatic carbocycles. The molecule has 0 bridgehead atoms. The van der Waals surface area contributed by atoms with E-state index in [1.54, 1.807) is 24.3 Å². The third-order valence-electron chi connectivity index (χ3n) is 2.44.